The van der Waals surface area contributed by atoms with Crippen molar-refractivity contribution in [3.05, 3.63) is 75.5 Å². The fourth-order valence-electron chi connectivity index (χ4n) is 2.86. The second-order valence-electron chi connectivity index (χ2n) is 6.27. The first-order valence-corrected chi connectivity index (χ1v) is 8.69. The normalized spacial score (nSPS) is 14.9. The molecular formula is C19H11ClF3N3O3. The van der Waals surface area contributed by atoms with E-state index in [0.29, 0.717) is 16.8 Å². The standard InChI is InChI=1S/C19H11ClF3N3O3/c1-9-7-10(8-14-25-26-18(28-14)19(21,22)23)5-6-13(9)24-16-11-3-2-4-12(20)15(11)17(27)29-16/h2-7H,8H2,1H3. The molecule has 0 fully saturated rings. The molecule has 0 aliphatic carbocycles. The first-order valence-electron chi connectivity index (χ1n) is 8.31. The van der Waals surface area contributed by atoms with Crippen molar-refractivity contribution in [2.45, 2.75) is 19.5 Å². The number of hydrogen-bond donors (Lipinski definition) is 0. The number of rotatable bonds is 3. The van der Waals surface area contributed by atoms with Gasteiger partial charge in [0.1, 0.15) is 0 Å². The SMILES string of the molecule is Cc1cc(Cc2nnc(C(F)(F)F)o2)ccc1N=C1OC(=O)c2c(Cl)cccc21. The average Bonchev–Trinajstić information content (AvgIpc) is 3.23. The Bertz CT molecular complexity index is 1160. The molecule has 6 nitrogen and oxygen atoms in total. The van der Waals surface area contributed by atoms with Crippen LogP contribution in [0.5, 0.6) is 0 Å². The monoisotopic (exact) mass is 421 g/mol. The van der Waals surface area contributed by atoms with Crippen molar-refractivity contribution >= 4 is 29.2 Å². The number of hydrogen-bond acceptors (Lipinski definition) is 6. The summed E-state index contributed by atoms with van der Waals surface area (Å²) in [5.74, 6) is -1.97. The Labute approximate surface area is 167 Å². The molecule has 1 aromatic heterocycles. The molecule has 10 heteroatoms. The lowest BCUT2D eigenvalue weighted by Crippen LogP contribution is -2.04. The van der Waals surface area contributed by atoms with Crippen molar-refractivity contribution < 1.29 is 27.1 Å². The Hall–Kier alpha value is -3.20. The molecule has 0 amide bonds. The van der Waals surface area contributed by atoms with Crippen LogP contribution in [0.3, 0.4) is 0 Å². The zero-order valence-electron chi connectivity index (χ0n) is 14.7. The van der Waals surface area contributed by atoms with Crippen LogP contribution in [0, 0.1) is 6.92 Å². The quantitative estimate of drug-likeness (QED) is 0.563. The number of aliphatic imine (C=N–C) groups is 1. The number of esters is 1. The molecule has 2 heterocycles. The van der Waals surface area contributed by atoms with Gasteiger partial charge in [-0.3, -0.25) is 0 Å². The van der Waals surface area contributed by atoms with E-state index in [2.05, 4.69) is 19.6 Å². The van der Waals surface area contributed by atoms with Gasteiger partial charge in [-0.05, 0) is 36.2 Å². The van der Waals surface area contributed by atoms with Crippen LogP contribution in [-0.4, -0.2) is 22.1 Å². The molecular weight excluding hydrogens is 411 g/mol. The van der Waals surface area contributed by atoms with Crippen molar-refractivity contribution in [3.63, 3.8) is 0 Å². The highest BCUT2D eigenvalue weighted by Crippen LogP contribution is 2.31. The number of nitrogens with zero attached hydrogens (tertiary/aromatic N) is 3. The number of aromatic nitrogens is 2. The van der Waals surface area contributed by atoms with Crippen LogP contribution in [0.2, 0.25) is 5.02 Å². The van der Waals surface area contributed by atoms with E-state index in [9.17, 15) is 18.0 Å². The number of aryl methyl sites for hydroxylation is 1. The molecule has 0 atom stereocenters. The summed E-state index contributed by atoms with van der Waals surface area (Å²) in [5.41, 5.74) is 2.68. The van der Waals surface area contributed by atoms with E-state index in [1.807, 2.05) is 0 Å². The van der Waals surface area contributed by atoms with Gasteiger partial charge in [0, 0.05) is 0 Å². The molecule has 0 saturated heterocycles. The molecule has 0 radical (unpaired) electrons. The minimum Gasteiger partial charge on any atom is -0.417 e. The number of carbonyl (C=O) groups is 1. The van der Waals surface area contributed by atoms with E-state index in [1.54, 1.807) is 43.3 Å². The predicted molar refractivity (Wildman–Crippen MR) is 96.3 cm³/mol. The van der Waals surface area contributed by atoms with Gasteiger partial charge < -0.3 is 9.15 Å². The van der Waals surface area contributed by atoms with Crippen molar-refractivity contribution in [2.75, 3.05) is 0 Å². The molecule has 3 aromatic rings. The zero-order chi connectivity index (χ0) is 20.8. The molecule has 4 rings (SSSR count). The van der Waals surface area contributed by atoms with Crippen LogP contribution in [0.1, 0.15) is 38.8 Å². The summed E-state index contributed by atoms with van der Waals surface area (Å²) in [5, 5.41) is 6.71. The molecule has 0 unspecified atom stereocenters. The average molecular weight is 422 g/mol. The molecule has 0 spiro atoms. The Balaban J connectivity index is 1.59. The second kappa shape index (κ2) is 7.00. The van der Waals surface area contributed by atoms with Gasteiger partial charge in [0.2, 0.25) is 11.8 Å². The summed E-state index contributed by atoms with van der Waals surface area (Å²) in [4.78, 5) is 16.4. The number of alkyl halides is 3. The lowest BCUT2D eigenvalue weighted by atomic mass is 10.1. The van der Waals surface area contributed by atoms with Gasteiger partial charge in [0.05, 0.1) is 28.3 Å². The Morgan fingerprint density at radius 2 is 1.97 bits per heavy atom. The van der Waals surface area contributed by atoms with Gasteiger partial charge in [-0.25, -0.2) is 9.79 Å². The van der Waals surface area contributed by atoms with E-state index in [1.165, 1.54) is 0 Å². The third kappa shape index (κ3) is 3.73. The van der Waals surface area contributed by atoms with Crippen LogP contribution in [0.15, 0.2) is 45.8 Å². The van der Waals surface area contributed by atoms with Gasteiger partial charge in [-0.2, -0.15) is 13.2 Å². The van der Waals surface area contributed by atoms with Crippen molar-refractivity contribution in [1.82, 2.24) is 10.2 Å². The summed E-state index contributed by atoms with van der Waals surface area (Å²) in [6.07, 6.45) is -4.65. The van der Waals surface area contributed by atoms with Crippen LogP contribution in [0.4, 0.5) is 18.9 Å². The minimum absolute atomic E-state index is 0.0359. The zero-order valence-corrected chi connectivity index (χ0v) is 15.5. The minimum atomic E-state index is -4.68. The lowest BCUT2D eigenvalue weighted by Gasteiger charge is -2.05. The smallest absolute Gasteiger partial charge is 0.417 e. The fourth-order valence-corrected chi connectivity index (χ4v) is 3.11. The van der Waals surface area contributed by atoms with Crippen LogP contribution >= 0.6 is 11.6 Å². The first kappa shape index (κ1) is 19.1. The van der Waals surface area contributed by atoms with Crippen LogP contribution in [-0.2, 0) is 17.3 Å². The highest BCUT2D eigenvalue weighted by molar-refractivity contribution is 6.36. The number of benzene rings is 2. The van der Waals surface area contributed by atoms with Crippen molar-refractivity contribution in [1.29, 1.82) is 0 Å². The summed E-state index contributed by atoms with van der Waals surface area (Å²) < 4.78 is 47.5. The first-order chi connectivity index (χ1) is 13.7. The van der Waals surface area contributed by atoms with E-state index < -0.39 is 18.0 Å². The highest BCUT2D eigenvalue weighted by Gasteiger charge is 2.38. The topological polar surface area (TPSA) is 77.6 Å². The fraction of sp³-hybridized carbons (Fsp3) is 0.158. The Morgan fingerprint density at radius 3 is 2.66 bits per heavy atom. The van der Waals surface area contributed by atoms with Crippen molar-refractivity contribution in [3.8, 4) is 0 Å². The molecule has 0 bridgehead atoms. The molecule has 0 saturated carbocycles. The third-order valence-electron chi connectivity index (χ3n) is 4.19. The van der Waals surface area contributed by atoms with Gasteiger partial charge in [0.25, 0.3) is 0 Å². The van der Waals surface area contributed by atoms with Gasteiger partial charge in [0.15, 0.2) is 0 Å². The summed E-state index contributed by atoms with van der Waals surface area (Å²) >= 11 is 6.05. The van der Waals surface area contributed by atoms with Gasteiger partial charge in [-0.15, -0.1) is 10.2 Å². The highest BCUT2D eigenvalue weighted by atomic mass is 35.5. The number of ether oxygens (including phenoxy) is 1. The summed E-state index contributed by atoms with van der Waals surface area (Å²) in [6, 6.07) is 10.0. The lowest BCUT2D eigenvalue weighted by molar-refractivity contribution is -0.157. The second-order valence-corrected chi connectivity index (χ2v) is 6.67. The molecule has 1 aliphatic heterocycles. The van der Waals surface area contributed by atoms with Crippen molar-refractivity contribution in [2.24, 2.45) is 4.99 Å². The molecule has 1 aliphatic rings. The third-order valence-corrected chi connectivity index (χ3v) is 4.50. The van der Waals surface area contributed by atoms with Crippen LogP contribution < -0.4 is 0 Å². The predicted octanol–water partition coefficient (Wildman–Crippen LogP) is 4.89. The molecule has 29 heavy (non-hydrogen) atoms. The summed E-state index contributed by atoms with van der Waals surface area (Å²) in [7, 11) is 0. The van der Waals surface area contributed by atoms with Crippen LogP contribution in [0.25, 0.3) is 0 Å². The number of cyclic esters (lactones) is 1. The molecule has 148 valence electrons. The molecule has 0 N–H and O–H groups in total. The Morgan fingerprint density at radius 1 is 1.17 bits per heavy atom. The van der Waals surface area contributed by atoms with E-state index in [4.69, 9.17) is 16.3 Å². The summed E-state index contributed by atoms with van der Waals surface area (Å²) in [6.45, 7) is 1.77. The number of carbonyl (C=O) groups excluding carboxylic acids is 1. The van der Waals surface area contributed by atoms with E-state index in [-0.39, 0.29) is 28.8 Å². The number of fused-ring (bicyclic) bond motifs is 1. The Kier molecular flexibility index (Phi) is 4.62. The maximum absolute atomic E-state index is 12.6. The van der Waals surface area contributed by atoms with Gasteiger partial charge in [-0.1, -0.05) is 29.8 Å². The largest absolute Gasteiger partial charge is 0.470 e. The maximum atomic E-state index is 12.6. The van der Waals surface area contributed by atoms with E-state index >= 15 is 0 Å². The maximum Gasteiger partial charge on any atom is 0.470 e. The molecule has 2 aromatic carbocycles. The van der Waals surface area contributed by atoms with E-state index in [0.717, 1.165) is 5.56 Å². The van der Waals surface area contributed by atoms with Gasteiger partial charge >= 0.3 is 18.0 Å². The number of halogens is 4.